The number of carbonyl (C=O) groups excluding carboxylic acids is 2. The molecular weight excluding hydrogens is 362 g/mol. The summed E-state index contributed by atoms with van der Waals surface area (Å²) in [6.07, 6.45) is 4.46. The third-order valence-corrected chi connectivity index (χ3v) is 5.87. The molecule has 0 saturated carbocycles. The van der Waals surface area contributed by atoms with E-state index in [1.165, 1.54) is 37.1 Å². The SMILES string of the molecule is O=C(Cc1ccc(N2CCCC2=O)cc1)NCc1ccccc1CN1CCCC1. The van der Waals surface area contributed by atoms with Crippen LogP contribution in [0.2, 0.25) is 0 Å². The van der Waals surface area contributed by atoms with Crippen LogP contribution in [0.1, 0.15) is 42.4 Å². The number of nitrogens with one attached hydrogen (secondary N) is 1. The monoisotopic (exact) mass is 391 g/mol. The summed E-state index contributed by atoms with van der Waals surface area (Å²) in [7, 11) is 0. The zero-order valence-electron chi connectivity index (χ0n) is 16.9. The smallest absolute Gasteiger partial charge is 0.227 e. The maximum Gasteiger partial charge on any atom is 0.227 e. The molecule has 2 fully saturated rings. The summed E-state index contributed by atoms with van der Waals surface area (Å²) < 4.78 is 0. The van der Waals surface area contributed by atoms with E-state index in [1.807, 2.05) is 35.2 Å². The molecule has 0 aromatic heterocycles. The van der Waals surface area contributed by atoms with Crippen LogP contribution in [0.3, 0.4) is 0 Å². The second-order valence-electron chi connectivity index (χ2n) is 8.02. The van der Waals surface area contributed by atoms with Gasteiger partial charge in [-0.25, -0.2) is 0 Å². The predicted octanol–water partition coefficient (Wildman–Crippen LogP) is 3.27. The molecule has 2 heterocycles. The normalized spacial score (nSPS) is 17.1. The minimum absolute atomic E-state index is 0.0194. The second kappa shape index (κ2) is 9.23. The molecule has 2 aromatic carbocycles. The zero-order chi connectivity index (χ0) is 20.1. The van der Waals surface area contributed by atoms with Crippen LogP contribution in [0.4, 0.5) is 5.69 Å². The van der Waals surface area contributed by atoms with Crippen LogP contribution in [-0.2, 0) is 29.1 Å². The number of nitrogens with zero attached hydrogens (tertiary/aromatic N) is 2. The fourth-order valence-electron chi connectivity index (χ4n) is 4.22. The molecule has 0 radical (unpaired) electrons. The molecule has 1 N–H and O–H groups in total. The van der Waals surface area contributed by atoms with Gasteiger partial charge in [0.15, 0.2) is 0 Å². The fraction of sp³-hybridized carbons (Fsp3) is 0.417. The highest BCUT2D eigenvalue weighted by molar-refractivity contribution is 5.95. The van der Waals surface area contributed by atoms with E-state index in [4.69, 9.17) is 0 Å². The van der Waals surface area contributed by atoms with E-state index < -0.39 is 0 Å². The van der Waals surface area contributed by atoms with Crippen molar-refractivity contribution >= 4 is 17.5 Å². The van der Waals surface area contributed by atoms with Crippen molar-refractivity contribution in [1.29, 1.82) is 0 Å². The molecular formula is C24H29N3O2. The first kappa shape index (κ1) is 19.6. The maximum atomic E-state index is 12.4. The lowest BCUT2D eigenvalue weighted by atomic mass is 10.1. The molecule has 2 aliphatic heterocycles. The number of rotatable bonds is 7. The van der Waals surface area contributed by atoms with E-state index in [1.54, 1.807) is 0 Å². The van der Waals surface area contributed by atoms with Gasteiger partial charge in [-0.15, -0.1) is 0 Å². The summed E-state index contributed by atoms with van der Waals surface area (Å²) in [6, 6.07) is 16.2. The van der Waals surface area contributed by atoms with Gasteiger partial charge in [0.05, 0.1) is 6.42 Å². The van der Waals surface area contributed by atoms with Gasteiger partial charge in [-0.3, -0.25) is 14.5 Å². The zero-order valence-corrected chi connectivity index (χ0v) is 16.9. The van der Waals surface area contributed by atoms with Crippen molar-refractivity contribution < 1.29 is 9.59 Å². The molecule has 2 aromatic rings. The van der Waals surface area contributed by atoms with Gasteiger partial charge in [-0.05, 0) is 61.2 Å². The number of carbonyl (C=O) groups is 2. The van der Waals surface area contributed by atoms with Crippen LogP contribution >= 0.6 is 0 Å². The van der Waals surface area contributed by atoms with Crippen molar-refractivity contribution in [1.82, 2.24) is 10.2 Å². The van der Waals surface area contributed by atoms with Crippen LogP contribution in [0.25, 0.3) is 0 Å². The van der Waals surface area contributed by atoms with Gasteiger partial charge < -0.3 is 10.2 Å². The molecule has 0 bridgehead atoms. The molecule has 152 valence electrons. The van der Waals surface area contributed by atoms with Crippen LogP contribution in [0.15, 0.2) is 48.5 Å². The number of anilines is 1. The summed E-state index contributed by atoms with van der Waals surface area (Å²) in [4.78, 5) is 28.6. The highest BCUT2D eigenvalue weighted by atomic mass is 16.2. The van der Waals surface area contributed by atoms with E-state index in [0.717, 1.165) is 30.8 Å². The molecule has 4 rings (SSSR count). The topological polar surface area (TPSA) is 52.7 Å². The van der Waals surface area contributed by atoms with Crippen LogP contribution in [-0.4, -0.2) is 36.3 Å². The number of amides is 2. The largest absolute Gasteiger partial charge is 0.352 e. The molecule has 2 aliphatic rings. The molecule has 0 unspecified atom stereocenters. The second-order valence-corrected chi connectivity index (χ2v) is 8.02. The highest BCUT2D eigenvalue weighted by Crippen LogP contribution is 2.22. The molecule has 5 heteroatoms. The Morgan fingerprint density at radius 1 is 0.897 bits per heavy atom. The Labute approximate surface area is 172 Å². The lowest BCUT2D eigenvalue weighted by Gasteiger charge is -2.18. The predicted molar refractivity (Wildman–Crippen MR) is 115 cm³/mol. The Bertz CT molecular complexity index is 857. The molecule has 2 amide bonds. The fourth-order valence-corrected chi connectivity index (χ4v) is 4.22. The summed E-state index contributed by atoms with van der Waals surface area (Å²) in [6.45, 7) is 4.64. The maximum absolute atomic E-state index is 12.4. The molecule has 2 saturated heterocycles. The average molecular weight is 392 g/mol. The van der Waals surface area contributed by atoms with Crippen molar-refractivity contribution in [3.63, 3.8) is 0 Å². The number of likely N-dealkylation sites (tertiary alicyclic amines) is 1. The number of hydrogen-bond donors (Lipinski definition) is 1. The van der Waals surface area contributed by atoms with E-state index in [-0.39, 0.29) is 11.8 Å². The van der Waals surface area contributed by atoms with Crippen LogP contribution in [0, 0.1) is 0 Å². The average Bonchev–Trinajstić information content (AvgIpc) is 3.40. The molecule has 29 heavy (non-hydrogen) atoms. The summed E-state index contributed by atoms with van der Waals surface area (Å²) in [5.74, 6) is 0.203. The van der Waals surface area contributed by atoms with E-state index in [9.17, 15) is 9.59 Å². The van der Waals surface area contributed by atoms with Gasteiger partial charge in [-0.2, -0.15) is 0 Å². The first-order valence-corrected chi connectivity index (χ1v) is 10.6. The van der Waals surface area contributed by atoms with Gasteiger partial charge in [0.2, 0.25) is 11.8 Å². The van der Waals surface area contributed by atoms with Crippen molar-refractivity contribution in [2.75, 3.05) is 24.5 Å². The lowest BCUT2D eigenvalue weighted by Crippen LogP contribution is -2.26. The van der Waals surface area contributed by atoms with Crippen molar-refractivity contribution in [2.24, 2.45) is 0 Å². The third-order valence-electron chi connectivity index (χ3n) is 5.87. The van der Waals surface area contributed by atoms with Gasteiger partial charge in [-0.1, -0.05) is 36.4 Å². The van der Waals surface area contributed by atoms with Gasteiger partial charge in [0.25, 0.3) is 0 Å². The molecule has 0 atom stereocenters. The highest BCUT2D eigenvalue weighted by Gasteiger charge is 2.21. The minimum Gasteiger partial charge on any atom is -0.352 e. The van der Waals surface area contributed by atoms with E-state index >= 15 is 0 Å². The summed E-state index contributed by atoms with van der Waals surface area (Å²) >= 11 is 0. The quantitative estimate of drug-likeness (QED) is 0.788. The molecule has 0 aliphatic carbocycles. The number of hydrogen-bond acceptors (Lipinski definition) is 3. The van der Waals surface area contributed by atoms with Gasteiger partial charge >= 0.3 is 0 Å². The first-order valence-electron chi connectivity index (χ1n) is 10.6. The molecule has 5 nitrogen and oxygen atoms in total. The van der Waals surface area contributed by atoms with Crippen molar-refractivity contribution in [3.05, 3.63) is 65.2 Å². The summed E-state index contributed by atoms with van der Waals surface area (Å²) in [5.41, 5.74) is 4.38. The molecule has 0 spiro atoms. The Balaban J connectivity index is 1.30. The Kier molecular flexibility index (Phi) is 6.25. The first-order chi connectivity index (χ1) is 14.2. The van der Waals surface area contributed by atoms with Crippen LogP contribution < -0.4 is 10.2 Å². The van der Waals surface area contributed by atoms with E-state index in [2.05, 4.69) is 28.4 Å². The van der Waals surface area contributed by atoms with Crippen LogP contribution in [0.5, 0.6) is 0 Å². The standard InChI is InChI=1S/C24H29N3O2/c28-23(16-19-9-11-22(12-10-19)27-15-5-8-24(27)29)25-17-20-6-1-2-7-21(20)18-26-13-3-4-14-26/h1-2,6-7,9-12H,3-5,8,13-18H2,(H,25,28). The third kappa shape index (κ3) is 5.04. The van der Waals surface area contributed by atoms with Gasteiger partial charge in [0.1, 0.15) is 0 Å². The summed E-state index contributed by atoms with van der Waals surface area (Å²) in [5, 5.41) is 3.07. The Morgan fingerprint density at radius 2 is 1.62 bits per heavy atom. The minimum atomic E-state index is 0.0194. The van der Waals surface area contributed by atoms with Gasteiger partial charge in [0, 0.05) is 31.7 Å². The lowest BCUT2D eigenvalue weighted by molar-refractivity contribution is -0.120. The number of benzene rings is 2. The Morgan fingerprint density at radius 3 is 2.31 bits per heavy atom. The van der Waals surface area contributed by atoms with Crippen molar-refractivity contribution in [3.8, 4) is 0 Å². The Hall–Kier alpha value is -2.66. The van der Waals surface area contributed by atoms with E-state index in [0.29, 0.717) is 19.4 Å². The van der Waals surface area contributed by atoms with Crippen molar-refractivity contribution in [2.45, 2.75) is 45.2 Å².